The molecule has 0 fully saturated rings. The molecule has 1 rings (SSSR count). The van der Waals surface area contributed by atoms with Gasteiger partial charge in [0.15, 0.2) is 0 Å². The topological polar surface area (TPSA) is 52.6 Å². The van der Waals surface area contributed by atoms with E-state index in [1.165, 1.54) is 32.2 Å². The normalized spacial score (nSPS) is 11.7. The van der Waals surface area contributed by atoms with E-state index in [9.17, 15) is 14.0 Å². The zero-order valence-electron chi connectivity index (χ0n) is 9.60. The summed E-state index contributed by atoms with van der Waals surface area (Å²) in [6.07, 6.45) is -0.963. The molecule has 1 atom stereocenters. The molecule has 0 radical (unpaired) electrons. The number of halogens is 1. The first-order chi connectivity index (χ1) is 8.02. The molecule has 0 N–H and O–H groups in total. The molecule has 1 aromatic rings. The van der Waals surface area contributed by atoms with E-state index in [2.05, 4.69) is 4.74 Å². The number of benzene rings is 1. The van der Waals surface area contributed by atoms with Gasteiger partial charge in [-0.3, -0.25) is 9.59 Å². The third-order valence-corrected chi connectivity index (χ3v) is 2.11. The fraction of sp³-hybridized carbons (Fsp3) is 0.333. The Morgan fingerprint density at radius 1 is 1.41 bits per heavy atom. The molecule has 0 aliphatic rings. The monoisotopic (exact) mass is 240 g/mol. The van der Waals surface area contributed by atoms with Crippen molar-refractivity contribution in [2.45, 2.75) is 19.4 Å². The van der Waals surface area contributed by atoms with Crippen LogP contribution in [0.5, 0.6) is 0 Å². The van der Waals surface area contributed by atoms with Crippen LogP contribution in [-0.2, 0) is 19.1 Å². The van der Waals surface area contributed by atoms with Gasteiger partial charge >= 0.3 is 11.9 Å². The van der Waals surface area contributed by atoms with Crippen molar-refractivity contribution in [3.63, 3.8) is 0 Å². The van der Waals surface area contributed by atoms with Gasteiger partial charge in [-0.05, 0) is 17.7 Å². The Morgan fingerprint density at radius 3 is 2.65 bits per heavy atom. The van der Waals surface area contributed by atoms with Gasteiger partial charge in [-0.1, -0.05) is 12.1 Å². The van der Waals surface area contributed by atoms with Crippen molar-refractivity contribution in [2.24, 2.45) is 0 Å². The Morgan fingerprint density at radius 2 is 2.12 bits per heavy atom. The highest BCUT2D eigenvalue weighted by atomic mass is 19.1. The molecule has 92 valence electrons. The number of carbonyl (C=O) groups is 2. The number of hydrogen-bond donors (Lipinski definition) is 0. The maximum Gasteiger partial charge on any atom is 0.309 e. The van der Waals surface area contributed by atoms with Crippen LogP contribution < -0.4 is 0 Å². The average molecular weight is 240 g/mol. The second-order valence-corrected chi connectivity index (χ2v) is 3.43. The lowest BCUT2D eigenvalue weighted by Gasteiger charge is -2.16. The molecule has 4 nitrogen and oxygen atoms in total. The standard InChI is InChI=1S/C12H13FO4/c1-8(14)17-11(7-12(15)16-2)9-4-3-5-10(13)6-9/h3-6,11H,7H2,1-2H3. The summed E-state index contributed by atoms with van der Waals surface area (Å²) in [5.74, 6) is -1.52. The summed E-state index contributed by atoms with van der Waals surface area (Å²) in [5, 5.41) is 0. The van der Waals surface area contributed by atoms with E-state index < -0.39 is 23.9 Å². The van der Waals surface area contributed by atoms with Gasteiger partial charge in [-0.15, -0.1) is 0 Å². The minimum Gasteiger partial charge on any atom is -0.469 e. The Hall–Kier alpha value is -1.91. The Bertz CT molecular complexity index is 417. The lowest BCUT2D eigenvalue weighted by molar-refractivity contribution is -0.152. The summed E-state index contributed by atoms with van der Waals surface area (Å²) in [6.45, 7) is 1.23. The second-order valence-electron chi connectivity index (χ2n) is 3.43. The maximum absolute atomic E-state index is 13.0. The molecule has 1 unspecified atom stereocenters. The Kier molecular flexibility index (Phi) is 4.63. The number of hydrogen-bond acceptors (Lipinski definition) is 4. The van der Waals surface area contributed by atoms with Crippen molar-refractivity contribution in [1.29, 1.82) is 0 Å². The third-order valence-electron chi connectivity index (χ3n) is 2.11. The lowest BCUT2D eigenvalue weighted by Crippen LogP contribution is -2.14. The van der Waals surface area contributed by atoms with Crippen LogP contribution in [0.1, 0.15) is 25.0 Å². The van der Waals surface area contributed by atoms with Gasteiger partial charge in [0.05, 0.1) is 13.5 Å². The molecule has 0 spiro atoms. The molecular formula is C12H13FO4. The molecule has 0 aliphatic heterocycles. The van der Waals surface area contributed by atoms with Gasteiger partial charge in [0.2, 0.25) is 0 Å². The quantitative estimate of drug-likeness (QED) is 0.755. The van der Waals surface area contributed by atoms with Gasteiger partial charge in [0, 0.05) is 6.92 Å². The number of esters is 2. The minimum absolute atomic E-state index is 0.139. The molecule has 0 heterocycles. The summed E-state index contributed by atoms with van der Waals surface area (Å²) in [5.41, 5.74) is 0.422. The van der Waals surface area contributed by atoms with E-state index in [-0.39, 0.29) is 6.42 Å². The SMILES string of the molecule is COC(=O)CC(OC(C)=O)c1cccc(F)c1. The van der Waals surface area contributed by atoms with Gasteiger partial charge in [0.25, 0.3) is 0 Å². The molecule has 0 bridgehead atoms. The minimum atomic E-state index is -0.823. The first kappa shape index (κ1) is 13.2. The summed E-state index contributed by atoms with van der Waals surface area (Å²) in [7, 11) is 1.23. The van der Waals surface area contributed by atoms with Crippen molar-refractivity contribution in [2.75, 3.05) is 7.11 Å². The number of rotatable bonds is 4. The predicted molar refractivity (Wildman–Crippen MR) is 57.5 cm³/mol. The fourth-order valence-corrected chi connectivity index (χ4v) is 1.37. The largest absolute Gasteiger partial charge is 0.469 e. The third kappa shape index (κ3) is 4.22. The summed E-state index contributed by atoms with van der Waals surface area (Å²) in [6, 6.07) is 5.56. The van der Waals surface area contributed by atoms with Crippen LogP contribution in [0.15, 0.2) is 24.3 Å². The van der Waals surface area contributed by atoms with Crippen LogP contribution in [-0.4, -0.2) is 19.0 Å². The maximum atomic E-state index is 13.0. The summed E-state index contributed by atoms with van der Waals surface area (Å²) in [4.78, 5) is 22.1. The zero-order chi connectivity index (χ0) is 12.8. The van der Waals surface area contributed by atoms with Crippen molar-refractivity contribution in [3.8, 4) is 0 Å². The number of ether oxygens (including phenoxy) is 2. The smallest absolute Gasteiger partial charge is 0.309 e. The van der Waals surface area contributed by atoms with Crippen LogP contribution in [0.25, 0.3) is 0 Å². The van der Waals surface area contributed by atoms with E-state index in [1.807, 2.05) is 0 Å². The first-order valence-corrected chi connectivity index (χ1v) is 5.02. The van der Waals surface area contributed by atoms with Gasteiger partial charge < -0.3 is 9.47 Å². The van der Waals surface area contributed by atoms with Crippen molar-refractivity contribution < 1.29 is 23.5 Å². The zero-order valence-corrected chi connectivity index (χ0v) is 9.60. The number of methoxy groups -OCH3 is 1. The lowest BCUT2D eigenvalue weighted by atomic mass is 10.1. The van der Waals surface area contributed by atoms with E-state index in [4.69, 9.17) is 4.74 Å². The summed E-state index contributed by atoms with van der Waals surface area (Å²) < 4.78 is 22.5. The van der Waals surface area contributed by atoms with Gasteiger partial charge in [0.1, 0.15) is 11.9 Å². The number of carbonyl (C=O) groups excluding carboxylic acids is 2. The fourth-order valence-electron chi connectivity index (χ4n) is 1.37. The van der Waals surface area contributed by atoms with Crippen LogP contribution in [0.3, 0.4) is 0 Å². The van der Waals surface area contributed by atoms with E-state index in [0.717, 1.165) is 0 Å². The van der Waals surface area contributed by atoms with Crippen LogP contribution in [0.2, 0.25) is 0 Å². The molecule has 0 amide bonds. The van der Waals surface area contributed by atoms with E-state index in [1.54, 1.807) is 6.07 Å². The molecule has 17 heavy (non-hydrogen) atoms. The van der Waals surface area contributed by atoms with Crippen molar-refractivity contribution in [1.82, 2.24) is 0 Å². The second kappa shape index (κ2) is 5.98. The molecular weight excluding hydrogens is 227 g/mol. The van der Waals surface area contributed by atoms with E-state index in [0.29, 0.717) is 5.56 Å². The van der Waals surface area contributed by atoms with E-state index >= 15 is 0 Å². The van der Waals surface area contributed by atoms with Gasteiger partial charge in [-0.25, -0.2) is 4.39 Å². The highest BCUT2D eigenvalue weighted by Crippen LogP contribution is 2.22. The van der Waals surface area contributed by atoms with Crippen molar-refractivity contribution in [3.05, 3.63) is 35.6 Å². The Balaban J connectivity index is 2.89. The van der Waals surface area contributed by atoms with Crippen LogP contribution in [0.4, 0.5) is 4.39 Å². The predicted octanol–water partition coefficient (Wildman–Crippen LogP) is 1.99. The molecule has 0 aliphatic carbocycles. The van der Waals surface area contributed by atoms with Crippen LogP contribution >= 0.6 is 0 Å². The van der Waals surface area contributed by atoms with Gasteiger partial charge in [-0.2, -0.15) is 0 Å². The molecule has 0 aromatic heterocycles. The molecule has 5 heteroatoms. The van der Waals surface area contributed by atoms with Crippen LogP contribution in [0, 0.1) is 5.82 Å². The highest BCUT2D eigenvalue weighted by Gasteiger charge is 2.19. The molecule has 1 aromatic carbocycles. The summed E-state index contributed by atoms with van der Waals surface area (Å²) >= 11 is 0. The Labute approximate surface area is 98.3 Å². The average Bonchev–Trinajstić information content (AvgIpc) is 2.27. The highest BCUT2D eigenvalue weighted by molar-refractivity contribution is 5.71. The van der Waals surface area contributed by atoms with Crippen molar-refractivity contribution >= 4 is 11.9 Å². The molecule has 0 saturated heterocycles. The molecule has 0 saturated carbocycles. The first-order valence-electron chi connectivity index (χ1n) is 5.02.